The molecule has 2 aromatic rings. The Morgan fingerprint density at radius 3 is 2.36 bits per heavy atom. The highest BCUT2D eigenvalue weighted by atomic mass is 16.2. The lowest BCUT2D eigenvalue weighted by molar-refractivity contribution is 0.0928. The highest BCUT2D eigenvalue weighted by molar-refractivity contribution is 6.02. The van der Waals surface area contributed by atoms with Crippen LogP contribution in [-0.4, -0.2) is 16.7 Å². The predicted octanol–water partition coefficient (Wildman–Crippen LogP) is 4.89. The van der Waals surface area contributed by atoms with Crippen molar-refractivity contribution < 1.29 is 9.59 Å². The van der Waals surface area contributed by atoms with Gasteiger partial charge in [0.2, 0.25) is 0 Å². The Morgan fingerprint density at radius 2 is 1.80 bits per heavy atom. The molecule has 4 nitrogen and oxygen atoms in total. The minimum absolute atomic E-state index is 0.0205. The van der Waals surface area contributed by atoms with E-state index in [1.807, 2.05) is 44.2 Å². The van der Waals surface area contributed by atoms with Crippen molar-refractivity contribution in [3.05, 3.63) is 58.4 Å². The van der Waals surface area contributed by atoms with Crippen LogP contribution in [0.25, 0.3) is 0 Å². The number of carbonyl (C=O) groups excluding carboxylic acids is 2. The van der Waals surface area contributed by atoms with E-state index in [1.165, 1.54) is 6.92 Å². The van der Waals surface area contributed by atoms with Gasteiger partial charge in [-0.1, -0.05) is 56.5 Å². The summed E-state index contributed by atoms with van der Waals surface area (Å²) in [4.78, 5) is 27.7. The Labute approximate surface area is 150 Å². The lowest BCUT2D eigenvalue weighted by Gasteiger charge is -2.19. The fourth-order valence-electron chi connectivity index (χ4n) is 3.34. The van der Waals surface area contributed by atoms with Gasteiger partial charge in [-0.25, -0.2) is 0 Å². The number of carbonyl (C=O) groups is 2. The van der Waals surface area contributed by atoms with Crippen LogP contribution in [0.4, 0.5) is 0 Å². The third-order valence-electron chi connectivity index (χ3n) is 4.62. The van der Waals surface area contributed by atoms with Gasteiger partial charge in [-0.3, -0.25) is 9.59 Å². The summed E-state index contributed by atoms with van der Waals surface area (Å²) in [7, 11) is 0. The SMILES string of the molecule is CCCCCC(NC(=O)c1[nH]c(C)c(C(C)=O)c1C)c1ccccc1. The summed E-state index contributed by atoms with van der Waals surface area (Å²) in [6, 6.07) is 10.0. The van der Waals surface area contributed by atoms with E-state index in [2.05, 4.69) is 17.2 Å². The summed E-state index contributed by atoms with van der Waals surface area (Å²) in [5, 5.41) is 3.15. The van der Waals surface area contributed by atoms with Crippen molar-refractivity contribution in [3.63, 3.8) is 0 Å². The molecule has 2 rings (SSSR count). The van der Waals surface area contributed by atoms with Crippen LogP contribution in [0.5, 0.6) is 0 Å². The molecule has 0 aliphatic rings. The normalized spacial score (nSPS) is 12.0. The minimum atomic E-state index is -0.154. The van der Waals surface area contributed by atoms with Gasteiger partial charge < -0.3 is 10.3 Å². The fraction of sp³-hybridized carbons (Fsp3) is 0.429. The second kappa shape index (κ2) is 8.65. The Hall–Kier alpha value is -2.36. The summed E-state index contributed by atoms with van der Waals surface area (Å²) in [5.74, 6) is -0.175. The zero-order chi connectivity index (χ0) is 18.4. The molecule has 0 saturated heterocycles. The first-order valence-electron chi connectivity index (χ1n) is 9.01. The van der Waals surface area contributed by atoms with E-state index in [-0.39, 0.29) is 17.7 Å². The summed E-state index contributed by atoms with van der Waals surface area (Å²) < 4.78 is 0. The standard InChI is InChI=1S/C21H28N2O2/c1-5-6-8-13-18(17-11-9-7-10-12-17)23-21(25)20-14(2)19(16(4)24)15(3)22-20/h7,9-12,18,22H,5-6,8,13H2,1-4H3,(H,23,25). The van der Waals surface area contributed by atoms with Crippen LogP contribution in [0.15, 0.2) is 30.3 Å². The Kier molecular flexibility index (Phi) is 6.57. The average molecular weight is 340 g/mol. The largest absolute Gasteiger partial charge is 0.354 e. The number of unbranched alkanes of at least 4 members (excludes halogenated alkanes) is 2. The smallest absolute Gasteiger partial charge is 0.268 e. The second-order valence-corrected chi connectivity index (χ2v) is 6.61. The first-order valence-corrected chi connectivity index (χ1v) is 9.01. The molecular formula is C21H28N2O2. The third kappa shape index (κ3) is 4.59. The number of ketones is 1. The number of benzene rings is 1. The van der Waals surface area contributed by atoms with E-state index < -0.39 is 0 Å². The number of H-pyrrole nitrogens is 1. The summed E-state index contributed by atoms with van der Waals surface area (Å²) in [5.41, 5.74) is 3.69. The van der Waals surface area contributed by atoms with Gasteiger partial charge in [0.25, 0.3) is 5.91 Å². The number of Topliss-reactive ketones (excluding diaryl/α,β-unsaturated/α-hetero) is 1. The molecule has 0 aliphatic carbocycles. The molecule has 0 fully saturated rings. The monoisotopic (exact) mass is 340 g/mol. The van der Waals surface area contributed by atoms with Crippen LogP contribution in [0.3, 0.4) is 0 Å². The van der Waals surface area contributed by atoms with Crippen molar-refractivity contribution in [2.75, 3.05) is 0 Å². The molecule has 1 heterocycles. The van der Waals surface area contributed by atoms with Gasteiger partial charge >= 0.3 is 0 Å². The van der Waals surface area contributed by atoms with Gasteiger partial charge in [-0.05, 0) is 38.3 Å². The topological polar surface area (TPSA) is 62.0 Å². The minimum Gasteiger partial charge on any atom is -0.354 e. The van der Waals surface area contributed by atoms with E-state index in [0.717, 1.165) is 42.5 Å². The van der Waals surface area contributed by atoms with Crippen molar-refractivity contribution >= 4 is 11.7 Å². The van der Waals surface area contributed by atoms with Gasteiger partial charge in [-0.2, -0.15) is 0 Å². The van der Waals surface area contributed by atoms with E-state index in [0.29, 0.717) is 11.3 Å². The van der Waals surface area contributed by atoms with Gasteiger partial charge in [-0.15, -0.1) is 0 Å². The molecule has 1 unspecified atom stereocenters. The van der Waals surface area contributed by atoms with Crippen molar-refractivity contribution in [2.24, 2.45) is 0 Å². The first kappa shape index (κ1) is 19.0. The van der Waals surface area contributed by atoms with E-state index in [1.54, 1.807) is 0 Å². The van der Waals surface area contributed by atoms with Crippen molar-refractivity contribution in [1.29, 1.82) is 0 Å². The van der Waals surface area contributed by atoms with Gasteiger partial charge in [0.05, 0.1) is 6.04 Å². The Morgan fingerprint density at radius 1 is 1.12 bits per heavy atom. The maximum Gasteiger partial charge on any atom is 0.268 e. The molecule has 0 spiro atoms. The Bertz CT molecular complexity index is 732. The number of nitrogens with one attached hydrogen (secondary N) is 2. The van der Waals surface area contributed by atoms with Crippen LogP contribution in [-0.2, 0) is 0 Å². The molecule has 4 heteroatoms. The van der Waals surface area contributed by atoms with Crippen LogP contribution in [0.1, 0.15) is 83.2 Å². The maximum atomic E-state index is 12.8. The molecule has 0 radical (unpaired) electrons. The first-order chi connectivity index (χ1) is 12.0. The number of amides is 1. The number of hydrogen-bond acceptors (Lipinski definition) is 2. The molecule has 0 saturated carbocycles. The number of aromatic nitrogens is 1. The molecule has 1 atom stereocenters. The van der Waals surface area contributed by atoms with Crippen molar-refractivity contribution in [1.82, 2.24) is 10.3 Å². The maximum absolute atomic E-state index is 12.8. The predicted molar refractivity (Wildman–Crippen MR) is 101 cm³/mol. The molecular weight excluding hydrogens is 312 g/mol. The lowest BCUT2D eigenvalue weighted by Crippen LogP contribution is -2.29. The second-order valence-electron chi connectivity index (χ2n) is 6.61. The molecule has 134 valence electrons. The van der Waals surface area contributed by atoms with Gasteiger partial charge in [0.15, 0.2) is 5.78 Å². The van der Waals surface area contributed by atoms with Crippen LogP contribution in [0.2, 0.25) is 0 Å². The summed E-state index contributed by atoms with van der Waals surface area (Å²) in [6.45, 7) is 7.35. The quantitative estimate of drug-likeness (QED) is 0.531. The third-order valence-corrected chi connectivity index (χ3v) is 4.62. The van der Waals surface area contributed by atoms with Crippen molar-refractivity contribution in [2.45, 2.75) is 59.4 Å². The van der Waals surface area contributed by atoms with Crippen LogP contribution in [0, 0.1) is 13.8 Å². The number of aryl methyl sites for hydroxylation is 1. The van der Waals surface area contributed by atoms with E-state index in [4.69, 9.17) is 0 Å². The Balaban J connectivity index is 2.22. The average Bonchev–Trinajstić information content (AvgIpc) is 2.89. The van der Waals surface area contributed by atoms with Gasteiger partial charge in [0, 0.05) is 11.3 Å². The van der Waals surface area contributed by atoms with Crippen LogP contribution < -0.4 is 5.32 Å². The fourth-order valence-corrected chi connectivity index (χ4v) is 3.34. The number of rotatable bonds is 8. The van der Waals surface area contributed by atoms with E-state index >= 15 is 0 Å². The molecule has 2 N–H and O–H groups in total. The molecule has 1 aromatic heterocycles. The lowest BCUT2D eigenvalue weighted by atomic mass is 10.00. The number of hydrogen-bond donors (Lipinski definition) is 2. The van der Waals surface area contributed by atoms with Gasteiger partial charge in [0.1, 0.15) is 5.69 Å². The van der Waals surface area contributed by atoms with Crippen LogP contribution >= 0.6 is 0 Å². The molecule has 25 heavy (non-hydrogen) atoms. The van der Waals surface area contributed by atoms with Crippen molar-refractivity contribution in [3.8, 4) is 0 Å². The summed E-state index contributed by atoms with van der Waals surface area (Å²) >= 11 is 0. The zero-order valence-electron chi connectivity index (χ0n) is 15.6. The summed E-state index contributed by atoms with van der Waals surface area (Å²) in [6.07, 6.45) is 4.26. The highest BCUT2D eigenvalue weighted by Crippen LogP contribution is 2.23. The molecule has 0 aliphatic heterocycles. The highest BCUT2D eigenvalue weighted by Gasteiger charge is 2.22. The van der Waals surface area contributed by atoms with E-state index in [9.17, 15) is 9.59 Å². The molecule has 0 bridgehead atoms. The zero-order valence-corrected chi connectivity index (χ0v) is 15.6. The molecule has 1 aromatic carbocycles. The molecule has 1 amide bonds. The number of aromatic amines is 1.